The van der Waals surface area contributed by atoms with E-state index in [2.05, 4.69) is 16.4 Å². The molecule has 68 valence electrons. The molecule has 5 nitrogen and oxygen atoms in total. The molecule has 0 saturated heterocycles. The van der Waals surface area contributed by atoms with Crippen LogP contribution in [0.1, 0.15) is 19.8 Å². The molecule has 0 unspecified atom stereocenters. The molecule has 0 fully saturated rings. The molecule has 0 atom stereocenters. The third-order valence-electron chi connectivity index (χ3n) is 0.820. The number of hydrogen-bond donors (Lipinski definition) is 1. The van der Waals surface area contributed by atoms with Crippen molar-refractivity contribution >= 4 is 11.9 Å². The zero-order valence-electron chi connectivity index (χ0n) is 6.70. The Morgan fingerprint density at radius 3 is 2.33 bits per heavy atom. The van der Waals surface area contributed by atoms with Gasteiger partial charge in [0.15, 0.2) is 0 Å². The first kappa shape index (κ1) is 10.5. The topological polar surface area (TPSA) is 72.8 Å². The van der Waals surface area contributed by atoms with Gasteiger partial charge in [0.1, 0.15) is 5.76 Å². The van der Waals surface area contributed by atoms with Crippen molar-refractivity contribution in [2.45, 2.75) is 19.8 Å². The van der Waals surface area contributed by atoms with Crippen molar-refractivity contribution in [3.63, 3.8) is 0 Å². The Kier molecular flexibility index (Phi) is 4.52. The summed E-state index contributed by atoms with van der Waals surface area (Å²) < 4.78 is 0. The van der Waals surface area contributed by atoms with E-state index < -0.39 is 11.9 Å². The van der Waals surface area contributed by atoms with Crippen molar-refractivity contribution in [1.82, 2.24) is 0 Å². The monoisotopic (exact) mass is 174 g/mol. The quantitative estimate of drug-likeness (QED) is 0.380. The highest BCUT2D eigenvalue weighted by atomic mass is 17.2. The molecule has 0 heterocycles. The van der Waals surface area contributed by atoms with Crippen molar-refractivity contribution in [2.24, 2.45) is 0 Å². The molecule has 0 aromatic carbocycles. The Balaban J connectivity index is 3.47. The third-order valence-corrected chi connectivity index (χ3v) is 0.820. The maximum atomic E-state index is 10.6. The molecule has 0 aromatic heterocycles. The molecular weight excluding hydrogens is 164 g/mol. The number of carboxylic acid groups (broad SMARTS) is 1. The van der Waals surface area contributed by atoms with Gasteiger partial charge in [0, 0.05) is 0 Å². The van der Waals surface area contributed by atoms with Gasteiger partial charge in [-0.05, 0) is 6.92 Å². The van der Waals surface area contributed by atoms with Gasteiger partial charge in [-0.15, -0.1) is 0 Å². The van der Waals surface area contributed by atoms with E-state index in [1.54, 1.807) is 0 Å². The fourth-order valence-electron chi connectivity index (χ4n) is 0.368. The van der Waals surface area contributed by atoms with Gasteiger partial charge in [-0.3, -0.25) is 14.6 Å². The number of hydrogen-bond acceptors (Lipinski definition) is 4. The van der Waals surface area contributed by atoms with Crippen LogP contribution in [0.2, 0.25) is 0 Å². The van der Waals surface area contributed by atoms with E-state index in [9.17, 15) is 9.59 Å². The van der Waals surface area contributed by atoms with Crippen LogP contribution in [0.5, 0.6) is 0 Å². The lowest BCUT2D eigenvalue weighted by atomic mass is 10.3. The summed E-state index contributed by atoms with van der Waals surface area (Å²) >= 11 is 0. The fraction of sp³-hybridized carbons (Fsp3) is 0.429. The summed E-state index contributed by atoms with van der Waals surface area (Å²) in [5.74, 6) is -1.54. The first-order valence-corrected chi connectivity index (χ1v) is 3.27. The molecule has 0 radical (unpaired) electrons. The van der Waals surface area contributed by atoms with Crippen molar-refractivity contribution in [2.75, 3.05) is 0 Å². The van der Waals surface area contributed by atoms with Gasteiger partial charge >= 0.3 is 11.9 Å². The lowest BCUT2D eigenvalue weighted by molar-refractivity contribution is -0.247. The van der Waals surface area contributed by atoms with Gasteiger partial charge in [0.25, 0.3) is 0 Å². The summed E-state index contributed by atoms with van der Waals surface area (Å²) in [7, 11) is 0. The zero-order valence-corrected chi connectivity index (χ0v) is 6.70. The smallest absolute Gasteiger partial charge is 0.356 e. The fourth-order valence-corrected chi connectivity index (χ4v) is 0.368. The van der Waals surface area contributed by atoms with Crippen LogP contribution in [-0.2, 0) is 19.4 Å². The lowest BCUT2D eigenvalue weighted by Gasteiger charge is -2.01. The number of carbonyl (C=O) groups excluding carboxylic acids is 1. The number of allylic oxidation sites excluding steroid dienone is 1. The largest absolute Gasteiger partial charge is 0.481 e. The van der Waals surface area contributed by atoms with Crippen LogP contribution in [0, 0.1) is 0 Å². The normalized spacial score (nSPS) is 8.75. The SMILES string of the molecule is C=C(C)OOC(=O)CCC(=O)O. The van der Waals surface area contributed by atoms with Crippen LogP contribution in [0.15, 0.2) is 12.3 Å². The Bertz CT molecular complexity index is 176. The Morgan fingerprint density at radius 1 is 1.33 bits per heavy atom. The van der Waals surface area contributed by atoms with Gasteiger partial charge in [-0.1, -0.05) is 6.58 Å². The van der Waals surface area contributed by atoms with Gasteiger partial charge in [0.05, 0.1) is 12.8 Å². The van der Waals surface area contributed by atoms with Crippen molar-refractivity contribution in [3.8, 4) is 0 Å². The van der Waals surface area contributed by atoms with Crippen molar-refractivity contribution in [3.05, 3.63) is 12.3 Å². The van der Waals surface area contributed by atoms with E-state index >= 15 is 0 Å². The summed E-state index contributed by atoms with van der Waals surface area (Å²) in [6.07, 6.45) is -0.471. The number of rotatable bonds is 5. The van der Waals surface area contributed by atoms with Crippen molar-refractivity contribution < 1.29 is 24.5 Å². The van der Waals surface area contributed by atoms with Crippen LogP contribution in [-0.4, -0.2) is 17.0 Å². The standard InChI is InChI=1S/C7H10O5/c1-5(2)11-12-7(10)4-3-6(8)9/h1,3-4H2,2H3,(H,8,9). The van der Waals surface area contributed by atoms with Crippen LogP contribution in [0.3, 0.4) is 0 Å². The lowest BCUT2D eigenvalue weighted by Crippen LogP contribution is -2.07. The van der Waals surface area contributed by atoms with Crippen LogP contribution in [0.25, 0.3) is 0 Å². The Labute approximate surface area is 69.5 Å². The van der Waals surface area contributed by atoms with Gasteiger partial charge in [-0.25, -0.2) is 4.79 Å². The molecule has 0 spiro atoms. The van der Waals surface area contributed by atoms with E-state index in [1.807, 2.05) is 0 Å². The maximum absolute atomic E-state index is 10.6. The van der Waals surface area contributed by atoms with Gasteiger partial charge in [0.2, 0.25) is 0 Å². The Hall–Kier alpha value is -1.52. The number of carbonyl (C=O) groups is 2. The summed E-state index contributed by atoms with van der Waals surface area (Å²) in [6.45, 7) is 4.81. The van der Waals surface area contributed by atoms with E-state index in [-0.39, 0.29) is 18.6 Å². The van der Waals surface area contributed by atoms with Crippen LogP contribution >= 0.6 is 0 Å². The predicted octanol–water partition coefficient (Wildman–Crippen LogP) is 0.860. The van der Waals surface area contributed by atoms with Gasteiger partial charge in [-0.2, -0.15) is 0 Å². The highest BCUT2D eigenvalue weighted by Gasteiger charge is 2.07. The molecule has 0 aliphatic carbocycles. The first-order valence-electron chi connectivity index (χ1n) is 3.27. The molecule has 12 heavy (non-hydrogen) atoms. The third kappa shape index (κ3) is 6.60. The summed E-state index contributed by atoms with van der Waals surface area (Å²) in [5.41, 5.74) is 0. The molecular formula is C7H10O5. The predicted molar refractivity (Wildman–Crippen MR) is 38.9 cm³/mol. The number of aliphatic carboxylic acids is 1. The van der Waals surface area contributed by atoms with Gasteiger partial charge < -0.3 is 5.11 Å². The van der Waals surface area contributed by atoms with E-state index in [0.29, 0.717) is 0 Å². The zero-order chi connectivity index (χ0) is 9.56. The second-order valence-electron chi connectivity index (χ2n) is 2.13. The minimum atomic E-state index is -1.05. The first-order chi connectivity index (χ1) is 5.52. The average Bonchev–Trinajstić information content (AvgIpc) is 1.96. The molecule has 0 saturated carbocycles. The minimum absolute atomic E-state index is 0.206. The summed E-state index contributed by atoms with van der Waals surface area (Å²) in [5, 5.41) is 8.17. The van der Waals surface area contributed by atoms with E-state index in [4.69, 9.17) is 5.11 Å². The minimum Gasteiger partial charge on any atom is -0.481 e. The highest BCUT2D eigenvalue weighted by Crippen LogP contribution is 1.97. The molecule has 1 N–H and O–H groups in total. The second-order valence-corrected chi connectivity index (χ2v) is 2.13. The number of carboxylic acids is 1. The average molecular weight is 174 g/mol. The molecule has 0 amide bonds. The van der Waals surface area contributed by atoms with Crippen LogP contribution < -0.4 is 0 Å². The second kappa shape index (κ2) is 5.17. The van der Waals surface area contributed by atoms with Crippen LogP contribution in [0.4, 0.5) is 0 Å². The molecule has 0 aliphatic rings. The summed E-state index contributed by atoms with van der Waals surface area (Å²) in [4.78, 5) is 29.0. The highest BCUT2D eigenvalue weighted by molar-refractivity contribution is 5.76. The molecule has 0 aromatic rings. The van der Waals surface area contributed by atoms with Crippen molar-refractivity contribution in [1.29, 1.82) is 0 Å². The molecule has 0 bridgehead atoms. The molecule has 0 rings (SSSR count). The van der Waals surface area contributed by atoms with E-state index in [0.717, 1.165) is 0 Å². The summed E-state index contributed by atoms with van der Waals surface area (Å²) in [6, 6.07) is 0. The molecule has 0 aliphatic heterocycles. The molecule has 5 heteroatoms. The van der Waals surface area contributed by atoms with E-state index in [1.165, 1.54) is 6.92 Å². The maximum Gasteiger partial charge on any atom is 0.356 e. The Morgan fingerprint density at radius 2 is 1.92 bits per heavy atom.